The molecule has 0 bridgehead atoms. The van der Waals surface area contributed by atoms with Gasteiger partial charge in [0, 0.05) is 32.4 Å². The Morgan fingerprint density at radius 3 is 2.43 bits per heavy atom. The molecule has 0 saturated heterocycles. The number of carbonyl (C=O) groups is 1. The van der Waals surface area contributed by atoms with Gasteiger partial charge in [0.25, 0.3) is 5.91 Å². The normalized spacial score (nSPS) is 19.2. The summed E-state index contributed by atoms with van der Waals surface area (Å²) in [6.07, 6.45) is 4.85. The summed E-state index contributed by atoms with van der Waals surface area (Å²) in [5, 5.41) is 6.15. The van der Waals surface area contributed by atoms with Crippen LogP contribution < -0.4 is 15.5 Å². The van der Waals surface area contributed by atoms with Gasteiger partial charge in [-0.25, -0.2) is 13.8 Å². The Hall–Kier alpha value is -2.77. The van der Waals surface area contributed by atoms with Gasteiger partial charge in [0.15, 0.2) is 11.6 Å². The number of hydrogen-bond donors (Lipinski definition) is 2. The summed E-state index contributed by atoms with van der Waals surface area (Å²) in [5.41, 5.74) is -0.0709. The van der Waals surface area contributed by atoms with Gasteiger partial charge >= 0.3 is 0 Å². The summed E-state index contributed by atoms with van der Waals surface area (Å²) in [6, 6.07) is 4.72. The van der Waals surface area contributed by atoms with E-state index in [4.69, 9.17) is 0 Å². The quantitative estimate of drug-likeness (QED) is 0.821. The van der Waals surface area contributed by atoms with Crippen LogP contribution in [0.1, 0.15) is 41.6 Å². The number of aromatic nitrogens is 2. The Labute approximate surface area is 163 Å². The maximum atomic E-state index is 14.0. The van der Waals surface area contributed by atoms with Crippen LogP contribution in [0.3, 0.4) is 0 Å². The molecule has 8 heteroatoms. The fourth-order valence-electron chi connectivity index (χ4n) is 3.32. The van der Waals surface area contributed by atoms with Gasteiger partial charge < -0.3 is 15.5 Å². The van der Waals surface area contributed by atoms with E-state index in [1.54, 1.807) is 6.20 Å². The van der Waals surface area contributed by atoms with Crippen LogP contribution in [-0.4, -0.2) is 42.1 Å². The van der Waals surface area contributed by atoms with Crippen LogP contribution in [0, 0.1) is 18.6 Å². The van der Waals surface area contributed by atoms with Crippen molar-refractivity contribution in [2.24, 2.45) is 0 Å². The summed E-state index contributed by atoms with van der Waals surface area (Å²) in [7, 11) is 3.84. The molecule has 150 valence electrons. The van der Waals surface area contributed by atoms with Gasteiger partial charge in [-0.2, -0.15) is 4.98 Å². The first-order valence-electron chi connectivity index (χ1n) is 9.37. The van der Waals surface area contributed by atoms with Crippen molar-refractivity contribution in [1.29, 1.82) is 0 Å². The maximum absolute atomic E-state index is 14.0. The van der Waals surface area contributed by atoms with Crippen LogP contribution in [-0.2, 0) is 0 Å². The summed E-state index contributed by atoms with van der Waals surface area (Å²) in [4.78, 5) is 22.9. The Morgan fingerprint density at radius 1 is 1.07 bits per heavy atom. The zero-order valence-electron chi connectivity index (χ0n) is 16.3. The molecule has 2 aromatic rings. The molecular formula is C20H25F2N5O. The average Bonchev–Trinajstić information content (AvgIpc) is 2.68. The molecule has 6 nitrogen and oxygen atoms in total. The second kappa shape index (κ2) is 8.50. The van der Waals surface area contributed by atoms with Crippen LogP contribution in [0.5, 0.6) is 0 Å². The van der Waals surface area contributed by atoms with Crippen molar-refractivity contribution in [2.45, 2.75) is 44.7 Å². The number of carbonyl (C=O) groups excluding carboxylic acids is 1. The van der Waals surface area contributed by atoms with E-state index < -0.39 is 17.5 Å². The first kappa shape index (κ1) is 20.0. The molecule has 1 aliphatic carbocycles. The van der Waals surface area contributed by atoms with E-state index in [9.17, 15) is 13.6 Å². The molecule has 1 amide bonds. The monoisotopic (exact) mass is 389 g/mol. The summed E-state index contributed by atoms with van der Waals surface area (Å²) >= 11 is 0. The number of anilines is 2. The third-order valence-corrected chi connectivity index (χ3v) is 5.01. The lowest BCUT2D eigenvalue weighted by atomic mass is 9.91. The fraction of sp³-hybridized carbons (Fsp3) is 0.450. The second-order valence-electron chi connectivity index (χ2n) is 7.36. The molecule has 1 aliphatic rings. The minimum atomic E-state index is -1.09. The average molecular weight is 389 g/mol. The molecule has 28 heavy (non-hydrogen) atoms. The van der Waals surface area contributed by atoms with Crippen molar-refractivity contribution in [1.82, 2.24) is 15.3 Å². The Bertz CT molecular complexity index is 850. The Balaban J connectivity index is 1.54. The number of aryl methyl sites for hydroxylation is 1. The SMILES string of the molecule is Cc1ccc(C(=O)N[C@H]2CC[C@@H](Nc3nccc(N(C)C)n3)CC2)c(F)c1F. The predicted octanol–water partition coefficient (Wildman–Crippen LogP) is 3.28. The molecule has 1 fully saturated rings. The number of hydrogen-bond acceptors (Lipinski definition) is 5. The third kappa shape index (κ3) is 4.55. The minimum absolute atomic E-state index is 0.0663. The summed E-state index contributed by atoms with van der Waals surface area (Å²) < 4.78 is 27.7. The van der Waals surface area contributed by atoms with Gasteiger partial charge in [-0.15, -0.1) is 0 Å². The van der Waals surface area contributed by atoms with E-state index in [-0.39, 0.29) is 23.2 Å². The molecule has 1 heterocycles. The number of nitrogens with zero attached hydrogens (tertiary/aromatic N) is 3. The zero-order valence-corrected chi connectivity index (χ0v) is 16.3. The van der Waals surface area contributed by atoms with Crippen LogP contribution in [0.2, 0.25) is 0 Å². The Morgan fingerprint density at radius 2 is 1.75 bits per heavy atom. The molecule has 0 unspecified atom stereocenters. The van der Waals surface area contributed by atoms with Gasteiger partial charge in [0.05, 0.1) is 5.56 Å². The number of benzene rings is 1. The van der Waals surface area contributed by atoms with E-state index >= 15 is 0 Å². The number of halogens is 2. The van der Waals surface area contributed by atoms with E-state index in [0.717, 1.165) is 31.5 Å². The van der Waals surface area contributed by atoms with Gasteiger partial charge in [-0.05, 0) is 50.3 Å². The van der Waals surface area contributed by atoms with Crippen molar-refractivity contribution in [3.05, 3.63) is 47.2 Å². The van der Waals surface area contributed by atoms with E-state index in [0.29, 0.717) is 5.95 Å². The topological polar surface area (TPSA) is 70.2 Å². The van der Waals surface area contributed by atoms with Gasteiger partial charge in [0.1, 0.15) is 5.82 Å². The molecule has 1 saturated carbocycles. The second-order valence-corrected chi connectivity index (χ2v) is 7.36. The van der Waals surface area contributed by atoms with Crippen molar-refractivity contribution < 1.29 is 13.6 Å². The predicted molar refractivity (Wildman–Crippen MR) is 105 cm³/mol. The minimum Gasteiger partial charge on any atom is -0.363 e. The van der Waals surface area contributed by atoms with Gasteiger partial charge in [0.2, 0.25) is 5.95 Å². The van der Waals surface area contributed by atoms with Crippen LogP contribution in [0.25, 0.3) is 0 Å². The van der Waals surface area contributed by atoms with Crippen LogP contribution in [0.4, 0.5) is 20.5 Å². The van der Waals surface area contributed by atoms with E-state index in [1.807, 2.05) is 25.1 Å². The lowest BCUT2D eigenvalue weighted by molar-refractivity contribution is 0.0921. The molecular weight excluding hydrogens is 364 g/mol. The summed E-state index contributed by atoms with van der Waals surface area (Å²) in [6.45, 7) is 1.46. The van der Waals surface area contributed by atoms with Gasteiger partial charge in [-0.3, -0.25) is 4.79 Å². The van der Waals surface area contributed by atoms with E-state index in [2.05, 4.69) is 20.6 Å². The molecule has 2 N–H and O–H groups in total. The van der Waals surface area contributed by atoms with Crippen molar-refractivity contribution in [2.75, 3.05) is 24.3 Å². The summed E-state index contributed by atoms with van der Waals surface area (Å²) in [5.74, 6) is -1.23. The molecule has 0 spiro atoms. The molecule has 0 aliphatic heterocycles. The Kier molecular flexibility index (Phi) is 6.06. The van der Waals surface area contributed by atoms with E-state index in [1.165, 1.54) is 19.1 Å². The van der Waals surface area contributed by atoms with Crippen molar-refractivity contribution in [3.63, 3.8) is 0 Å². The fourth-order valence-corrected chi connectivity index (χ4v) is 3.32. The zero-order chi connectivity index (χ0) is 20.3. The number of amides is 1. The van der Waals surface area contributed by atoms with Crippen molar-refractivity contribution >= 4 is 17.7 Å². The lowest BCUT2D eigenvalue weighted by Crippen LogP contribution is -2.40. The lowest BCUT2D eigenvalue weighted by Gasteiger charge is -2.29. The molecule has 1 aromatic heterocycles. The molecule has 0 radical (unpaired) electrons. The standard InChI is InChI=1S/C20H25F2N5O/c1-12-4-9-15(18(22)17(12)21)19(28)24-13-5-7-14(8-6-13)25-20-23-11-10-16(26-20)27(2)3/h4,9-11,13-14H,5-8H2,1-3H3,(H,24,28)(H,23,25,26)/t13-,14+. The smallest absolute Gasteiger partial charge is 0.254 e. The van der Waals surface area contributed by atoms with Crippen LogP contribution in [0.15, 0.2) is 24.4 Å². The highest BCUT2D eigenvalue weighted by Gasteiger charge is 2.25. The van der Waals surface area contributed by atoms with Crippen LogP contribution >= 0.6 is 0 Å². The molecule has 0 atom stereocenters. The highest BCUT2D eigenvalue weighted by Crippen LogP contribution is 2.23. The molecule has 3 rings (SSSR count). The van der Waals surface area contributed by atoms with Gasteiger partial charge in [-0.1, -0.05) is 6.07 Å². The highest BCUT2D eigenvalue weighted by molar-refractivity contribution is 5.94. The number of rotatable bonds is 5. The first-order valence-corrected chi connectivity index (χ1v) is 9.37. The molecule has 1 aromatic carbocycles. The largest absolute Gasteiger partial charge is 0.363 e. The maximum Gasteiger partial charge on any atom is 0.254 e. The third-order valence-electron chi connectivity index (χ3n) is 5.01. The number of nitrogens with one attached hydrogen (secondary N) is 2. The first-order chi connectivity index (χ1) is 13.3. The highest BCUT2D eigenvalue weighted by atomic mass is 19.2. The van der Waals surface area contributed by atoms with Crippen molar-refractivity contribution in [3.8, 4) is 0 Å².